The molecule has 1 aromatic carbocycles. The molecule has 1 saturated carbocycles. The highest BCUT2D eigenvalue weighted by atomic mass is 16.5. The summed E-state index contributed by atoms with van der Waals surface area (Å²) in [5.41, 5.74) is 4.26. The van der Waals surface area contributed by atoms with Gasteiger partial charge in [-0.25, -0.2) is 0 Å². The van der Waals surface area contributed by atoms with E-state index in [9.17, 15) is 4.79 Å². The van der Waals surface area contributed by atoms with Crippen molar-refractivity contribution in [3.63, 3.8) is 0 Å². The first kappa shape index (κ1) is 19.0. The molecule has 1 aliphatic carbocycles. The van der Waals surface area contributed by atoms with Gasteiger partial charge in [0.25, 0.3) is 5.91 Å². The Bertz CT molecular complexity index is 976. The smallest absolute Gasteiger partial charge is 0.270 e. The Hall–Kier alpha value is -2.31. The van der Waals surface area contributed by atoms with E-state index in [0.717, 1.165) is 23.5 Å². The van der Waals surface area contributed by atoms with E-state index in [1.54, 1.807) is 14.2 Å². The minimum absolute atomic E-state index is 0.0230. The van der Waals surface area contributed by atoms with Crippen LogP contribution in [0.25, 0.3) is 21.9 Å². The summed E-state index contributed by atoms with van der Waals surface area (Å²) in [6, 6.07) is 10.6. The van der Waals surface area contributed by atoms with Crippen LogP contribution in [-0.4, -0.2) is 60.5 Å². The monoisotopic (exact) mass is 383 g/mol. The van der Waals surface area contributed by atoms with E-state index >= 15 is 0 Å². The molecule has 0 N–H and O–H groups in total. The molecule has 0 saturated heterocycles. The zero-order valence-electron chi connectivity index (χ0n) is 17.0. The molecule has 0 aliphatic heterocycles. The highest BCUT2D eigenvalue weighted by Gasteiger charge is 2.27. The molecule has 0 radical (unpaired) electrons. The second-order valence-corrected chi connectivity index (χ2v) is 7.67. The number of carbonyl (C=O) groups excluding carboxylic acids is 1. The highest BCUT2D eigenvalue weighted by Crippen LogP contribution is 2.37. The molecule has 6 heteroatoms. The Morgan fingerprint density at radius 2 is 1.79 bits per heavy atom. The van der Waals surface area contributed by atoms with Gasteiger partial charge in [-0.2, -0.15) is 0 Å². The van der Waals surface area contributed by atoms with E-state index in [0.29, 0.717) is 32.0 Å². The molecular formula is C22H29N3O3. The first-order chi connectivity index (χ1) is 13.7. The zero-order chi connectivity index (χ0) is 19.7. The summed E-state index contributed by atoms with van der Waals surface area (Å²) in [7, 11) is 5.31. The number of aryl methyl sites for hydroxylation is 1. The number of carbonyl (C=O) groups is 1. The Kier molecular flexibility index (Phi) is 5.42. The number of aromatic nitrogens is 2. The van der Waals surface area contributed by atoms with Crippen LogP contribution < -0.4 is 0 Å². The predicted molar refractivity (Wildman–Crippen MR) is 111 cm³/mol. The molecule has 0 bridgehead atoms. The maximum atomic E-state index is 13.3. The average Bonchev–Trinajstić information content (AvgIpc) is 3.39. The molecule has 1 aliphatic rings. The van der Waals surface area contributed by atoms with Gasteiger partial charge in [-0.15, -0.1) is 0 Å². The van der Waals surface area contributed by atoms with Crippen molar-refractivity contribution in [1.29, 1.82) is 0 Å². The summed E-state index contributed by atoms with van der Waals surface area (Å²) in [6.07, 6.45) is 2.60. The van der Waals surface area contributed by atoms with Gasteiger partial charge < -0.3 is 23.5 Å². The normalized spacial score (nSPS) is 14.2. The number of hydrogen-bond acceptors (Lipinski definition) is 3. The average molecular weight is 383 g/mol. The van der Waals surface area contributed by atoms with E-state index in [1.807, 2.05) is 11.9 Å². The Labute approximate surface area is 165 Å². The Balaban J connectivity index is 1.77. The van der Waals surface area contributed by atoms with Gasteiger partial charge >= 0.3 is 0 Å². The number of ether oxygens (including phenoxy) is 2. The Morgan fingerprint density at radius 3 is 2.43 bits per heavy atom. The van der Waals surface area contributed by atoms with Crippen molar-refractivity contribution in [1.82, 2.24) is 14.0 Å². The largest absolute Gasteiger partial charge is 0.383 e. The fraction of sp³-hybridized carbons (Fsp3) is 0.500. The number of nitrogens with zero attached hydrogens (tertiary/aromatic N) is 3. The summed E-state index contributed by atoms with van der Waals surface area (Å²) in [5, 5.41) is 1.21. The summed E-state index contributed by atoms with van der Waals surface area (Å²) in [6.45, 7) is 3.15. The highest BCUT2D eigenvalue weighted by molar-refractivity contribution is 6.10. The van der Waals surface area contributed by atoms with Gasteiger partial charge in [0.1, 0.15) is 5.69 Å². The first-order valence-electron chi connectivity index (χ1n) is 9.99. The van der Waals surface area contributed by atoms with Crippen LogP contribution in [0, 0.1) is 5.92 Å². The molecule has 0 spiro atoms. The summed E-state index contributed by atoms with van der Waals surface area (Å²) >= 11 is 0. The van der Waals surface area contributed by atoms with Gasteiger partial charge in [0.2, 0.25) is 0 Å². The molecule has 0 atom stereocenters. The van der Waals surface area contributed by atoms with Crippen molar-refractivity contribution in [2.45, 2.75) is 19.4 Å². The Morgan fingerprint density at radius 1 is 1.11 bits per heavy atom. The van der Waals surface area contributed by atoms with Crippen LogP contribution >= 0.6 is 0 Å². The van der Waals surface area contributed by atoms with Gasteiger partial charge in [-0.3, -0.25) is 4.79 Å². The number of rotatable bonds is 9. The number of hydrogen-bond donors (Lipinski definition) is 0. The van der Waals surface area contributed by atoms with Crippen molar-refractivity contribution in [3.05, 3.63) is 36.0 Å². The topological polar surface area (TPSA) is 48.6 Å². The van der Waals surface area contributed by atoms with E-state index in [-0.39, 0.29) is 5.91 Å². The van der Waals surface area contributed by atoms with Gasteiger partial charge in [0, 0.05) is 46.3 Å². The van der Waals surface area contributed by atoms with Crippen LogP contribution in [0.2, 0.25) is 0 Å². The van der Waals surface area contributed by atoms with E-state index in [2.05, 4.69) is 39.5 Å². The van der Waals surface area contributed by atoms with Crippen molar-refractivity contribution < 1.29 is 14.3 Å². The quantitative estimate of drug-likeness (QED) is 0.570. The maximum absolute atomic E-state index is 13.3. The lowest BCUT2D eigenvalue weighted by Crippen LogP contribution is -2.37. The number of methoxy groups -OCH3 is 2. The van der Waals surface area contributed by atoms with Crippen molar-refractivity contribution in [2.75, 3.05) is 40.5 Å². The van der Waals surface area contributed by atoms with Crippen LogP contribution in [-0.2, 0) is 23.1 Å². The van der Waals surface area contributed by atoms with Crippen molar-refractivity contribution in [3.8, 4) is 0 Å². The van der Waals surface area contributed by atoms with Crippen LogP contribution in [0.4, 0.5) is 0 Å². The minimum atomic E-state index is 0.0230. The molecule has 0 unspecified atom stereocenters. The second-order valence-electron chi connectivity index (χ2n) is 7.67. The summed E-state index contributed by atoms with van der Waals surface area (Å²) in [5.74, 6) is 0.785. The van der Waals surface area contributed by atoms with Crippen molar-refractivity contribution in [2.24, 2.45) is 13.0 Å². The number of para-hydroxylation sites is 1. The lowest BCUT2D eigenvalue weighted by Gasteiger charge is -2.22. The molecule has 2 heterocycles. The summed E-state index contributed by atoms with van der Waals surface area (Å²) in [4.78, 5) is 15.1. The molecule has 2 aromatic heterocycles. The van der Waals surface area contributed by atoms with Crippen LogP contribution in [0.15, 0.2) is 30.3 Å². The third-order valence-electron chi connectivity index (χ3n) is 5.73. The molecule has 6 nitrogen and oxygen atoms in total. The van der Waals surface area contributed by atoms with E-state index < -0.39 is 0 Å². The van der Waals surface area contributed by atoms with Crippen LogP contribution in [0.5, 0.6) is 0 Å². The SMILES string of the molecule is COCCN(CCOC)C(=O)c1cc2c(c3ccccc3n2CC2CC2)n1C. The molecule has 1 fully saturated rings. The van der Waals surface area contributed by atoms with Crippen molar-refractivity contribution >= 4 is 27.8 Å². The van der Waals surface area contributed by atoms with Gasteiger partial charge in [0.05, 0.1) is 29.8 Å². The molecule has 3 aromatic rings. The molecule has 150 valence electrons. The zero-order valence-corrected chi connectivity index (χ0v) is 17.0. The number of benzene rings is 1. The molecule has 1 amide bonds. The van der Waals surface area contributed by atoms with Gasteiger partial charge in [-0.05, 0) is 30.9 Å². The minimum Gasteiger partial charge on any atom is -0.383 e. The van der Waals surface area contributed by atoms with Gasteiger partial charge in [-0.1, -0.05) is 18.2 Å². The van der Waals surface area contributed by atoms with Crippen LogP contribution in [0.3, 0.4) is 0 Å². The lowest BCUT2D eigenvalue weighted by atomic mass is 10.2. The third-order valence-corrected chi connectivity index (χ3v) is 5.73. The van der Waals surface area contributed by atoms with E-state index in [4.69, 9.17) is 9.47 Å². The fourth-order valence-electron chi connectivity index (χ4n) is 3.99. The lowest BCUT2D eigenvalue weighted by molar-refractivity contribution is 0.0619. The first-order valence-corrected chi connectivity index (χ1v) is 9.99. The molecule has 4 rings (SSSR count). The standard InChI is InChI=1S/C22H29N3O3/c1-23-20(22(26)24(10-12-27-2)11-13-28-3)14-19-21(23)17-6-4-5-7-18(17)25(19)15-16-8-9-16/h4-7,14,16H,8-13,15H2,1-3H3. The maximum Gasteiger partial charge on any atom is 0.270 e. The predicted octanol–water partition coefficient (Wildman–Crippen LogP) is 3.28. The van der Waals surface area contributed by atoms with Crippen LogP contribution in [0.1, 0.15) is 23.3 Å². The van der Waals surface area contributed by atoms with E-state index in [1.165, 1.54) is 23.7 Å². The number of fused-ring (bicyclic) bond motifs is 3. The number of amides is 1. The summed E-state index contributed by atoms with van der Waals surface area (Å²) < 4.78 is 14.8. The molecular weight excluding hydrogens is 354 g/mol. The van der Waals surface area contributed by atoms with Gasteiger partial charge in [0.15, 0.2) is 0 Å². The third kappa shape index (κ3) is 3.42. The second kappa shape index (κ2) is 7.97. The fourth-order valence-corrected chi connectivity index (χ4v) is 3.99. The molecule has 28 heavy (non-hydrogen) atoms.